The zero-order chi connectivity index (χ0) is 23.9. The van der Waals surface area contributed by atoms with E-state index in [1.165, 1.54) is 11.9 Å². The van der Waals surface area contributed by atoms with E-state index in [0.717, 1.165) is 38.6 Å². The summed E-state index contributed by atoms with van der Waals surface area (Å²) in [6.07, 6.45) is 3.70. The molecule has 2 aromatic heterocycles. The molecule has 0 unspecified atom stereocenters. The smallest absolute Gasteiger partial charge is 0.258 e. The molecule has 1 N–H and O–H groups in total. The number of hydrogen-bond acceptors (Lipinski definition) is 5. The Labute approximate surface area is 200 Å². The number of H-pyrrole nitrogens is 1. The van der Waals surface area contributed by atoms with Crippen molar-refractivity contribution in [1.82, 2.24) is 20.0 Å². The Morgan fingerprint density at radius 2 is 1.66 bits per heavy atom. The van der Waals surface area contributed by atoms with Crippen LogP contribution in [0.4, 0.5) is 0 Å². The van der Waals surface area contributed by atoms with Crippen molar-refractivity contribution in [2.24, 2.45) is 5.10 Å². The van der Waals surface area contributed by atoms with Gasteiger partial charge in [0.2, 0.25) is 5.91 Å². The molecule has 1 atom stereocenters. The third-order valence-corrected chi connectivity index (χ3v) is 6.38. The Kier molecular flexibility index (Phi) is 4.95. The van der Waals surface area contributed by atoms with Gasteiger partial charge in [-0.05, 0) is 29.3 Å². The van der Waals surface area contributed by atoms with Gasteiger partial charge in [0.15, 0.2) is 0 Å². The second-order valence-corrected chi connectivity index (χ2v) is 8.55. The largest absolute Gasteiger partial charge is 0.321 e. The number of pyridine rings is 1. The zero-order valence-electron chi connectivity index (χ0n) is 19.0. The average molecular weight is 460 g/mol. The molecule has 0 spiro atoms. The molecular weight excluding hydrogens is 438 g/mol. The molecule has 1 amide bonds. The Balaban J connectivity index is 1.53. The fourth-order valence-corrected chi connectivity index (χ4v) is 4.82. The van der Waals surface area contributed by atoms with Crippen LogP contribution in [0, 0.1) is 0 Å². The SMILES string of the molecule is CC(=O)N1N=C(c2c(-c3ccccc3)c3ccccc3[nH]c2=O)C[C@@H]1c1ccc2nccnc2c1. The lowest BCUT2D eigenvalue weighted by atomic mass is 9.91. The quantitative estimate of drug-likeness (QED) is 0.418. The summed E-state index contributed by atoms with van der Waals surface area (Å²) in [4.78, 5) is 37.8. The zero-order valence-corrected chi connectivity index (χ0v) is 19.0. The number of hydrazone groups is 1. The number of carbonyl (C=O) groups is 1. The maximum absolute atomic E-state index is 13.5. The lowest BCUT2D eigenvalue weighted by Gasteiger charge is -2.20. The van der Waals surface area contributed by atoms with Crippen molar-refractivity contribution in [3.05, 3.63) is 107 Å². The molecule has 170 valence electrons. The van der Waals surface area contributed by atoms with Crippen LogP contribution in [-0.4, -0.2) is 31.6 Å². The number of aromatic nitrogens is 3. The molecule has 0 aliphatic carbocycles. The minimum absolute atomic E-state index is 0.192. The van der Waals surface area contributed by atoms with Crippen molar-refractivity contribution in [1.29, 1.82) is 0 Å². The summed E-state index contributed by atoms with van der Waals surface area (Å²) in [5.41, 5.74) is 5.76. The molecule has 0 saturated heterocycles. The maximum atomic E-state index is 13.5. The van der Waals surface area contributed by atoms with Crippen LogP contribution < -0.4 is 5.56 Å². The first kappa shape index (κ1) is 20.9. The molecule has 1 aliphatic rings. The van der Waals surface area contributed by atoms with Gasteiger partial charge in [0.25, 0.3) is 5.56 Å². The van der Waals surface area contributed by atoms with E-state index < -0.39 is 0 Å². The number of hydrogen-bond donors (Lipinski definition) is 1. The van der Waals surface area contributed by atoms with Gasteiger partial charge in [0, 0.05) is 42.2 Å². The van der Waals surface area contributed by atoms with Crippen LogP contribution in [0.3, 0.4) is 0 Å². The van der Waals surface area contributed by atoms with E-state index in [-0.39, 0.29) is 17.5 Å². The number of benzene rings is 3. The van der Waals surface area contributed by atoms with Gasteiger partial charge in [0.05, 0.1) is 28.4 Å². The molecule has 6 rings (SSSR count). The summed E-state index contributed by atoms with van der Waals surface area (Å²) in [5, 5.41) is 7.09. The highest BCUT2D eigenvalue weighted by Gasteiger charge is 2.34. The molecule has 35 heavy (non-hydrogen) atoms. The number of para-hydroxylation sites is 1. The second kappa shape index (κ2) is 8.29. The van der Waals surface area contributed by atoms with Gasteiger partial charge in [-0.25, -0.2) is 5.01 Å². The first-order valence-electron chi connectivity index (χ1n) is 11.4. The lowest BCUT2D eigenvalue weighted by Crippen LogP contribution is -2.24. The van der Waals surface area contributed by atoms with E-state index >= 15 is 0 Å². The summed E-state index contributed by atoms with van der Waals surface area (Å²) >= 11 is 0. The Morgan fingerprint density at radius 3 is 2.46 bits per heavy atom. The number of amides is 1. The second-order valence-electron chi connectivity index (χ2n) is 8.55. The molecule has 5 aromatic rings. The van der Waals surface area contributed by atoms with Crippen molar-refractivity contribution < 1.29 is 4.79 Å². The molecule has 0 bridgehead atoms. The predicted octanol–water partition coefficient (Wildman–Crippen LogP) is 4.84. The standard InChI is InChI=1S/C28H21N5O2/c1-17(34)33-25(19-11-12-22-23(15-19)30-14-13-29-22)16-24(32-33)27-26(18-7-3-2-4-8-18)20-9-5-6-10-21(20)31-28(27)35/h2-15,25H,16H2,1H3,(H,31,35)/t25-/m1/s1. The normalized spacial score (nSPS) is 15.5. The van der Waals surface area contributed by atoms with Gasteiger partial charge < -0.3 is 4.98 Å². The molecule has 3 aromatic carbocycles. The summed E-state index contributed by atoms with van der Waals surface area (Å²) in [5.74, 6) is -0.192. The van der Waals surface area contributed by atoms with E-state index in [9.17, 15) is 9.59 Å². The van der Waals surface area contributed by atoms with Crippen molar-refractivity contribution >= 4 is 33.6 Å². The van der Waals surface area contributed by atoms with Crippen molar-refractivity contribution in [3.63, 3.8) is 0 Å². The molecule has 7 nitrogen and oxygen atoms in total. The third-order valence-electron chi connectivity index (χ3n) is 6.38. The summed E-state index contributed by atoms with van der Waals surface area (Å²) in [7, 11) is 0. The lowest BCUT2D eigenvalue weighted by molar-refractivity contribution is -0.130. The van der Waals surface area contributed by atoms with Crippen LogP contribution in [0.15, 0.2) is 95.1 Å². The molecular formula is C28H21N5O2. The topological polar surface area (TPSA) is 91.3 Å². The average Bonchev–Trinajstić information content (AvgIpc) is 3.33. The first-order chi connectivity index (χ1) is 17.1. The van der Waals surface area contributed by atoms with Crippen LogP contribution in [0.1, 0.15) is 30.5 Å². The molecule has 0 fully saturated rings. The van der Waals surface area contributed by atoms with Gasteiger partial charge in [-0.3, -0.25) is 19.6 Å². The van der Waals surface area contributed by atoms with Crippen LogP contribution in [0.2, 0.25) is 0 Å². The Bertz CT molecular complexity index is 1690. The van der Waals surface area contributed by atoms with E-state index in [2.05, 4.69) is 15.0 Å². The molecule has 0 saturated carbocycles. The Morgan fingerprint density at radius 1 is 0.914 bits per heavy atom. The van der Waals surface area contributed by atoms with Gasteiger partial charge >= 0.3 is 0 Å². The van der Waals surface area contributed by atoms with E-state index in [0.29, 0.717) is 17.7 Å². The van der Waals surface area contributed by atoms with E-state index in [4.69, 9.17) is 5.10 Å². The van der Waals surface area contributed by atoms with Gasteiger partial charge in [-0.15, -0.1) is 0 Å². The molecule has 0 radical (unpaired) electrons. The summed E-state index contributed by atoms with van der Waals surface area (Å²) < 4.78 is 0. The minimum Gasteiger partial charge on any atom is -0.321 e. The summed E-state index contributed by atoms with van der Waals surface area (Å²) in [6.45, 7) is 1.49. The fraction of sp³-hybridized carbons (Fsp3) is 0.107. The number of fused-ring (bicyclic) bond motifs is 2. The highest BCUT2D eigenvalue weighted by atomic mass is 16.2. The highest BCUT2D eigenvalue weighted by Crippen LogP contribution is 2.37. The molecule has 7 heteroatoms. The van der Waals surface area contributed by atoms with Gasteiger partial charge in [-0.2, -0.15) is 5.10 Å². The van der Waals surface area contributed by atoms with Crippen molar-refractivity contribution in [2.45, 2.75) is 19.4 Å². The number of nitrogens with one attached hydrogen (secondary N) is 1. The van der Waals surface area contributed by atoms with Crippen LogP contribution in [-0.2, 0) is 4.79 Å². The summed E-state index contributed by atoms with van der Waals surface area (Å²) in [6, 6.07) is 23.0. The highest BCUT2D eigenvalue weighted by molar-refractivity contribution is 6.12. The minimum atomic E-state index is -0.344. The monoisotopic (exact) mass is 459 g/mol. The van der Waals surface area contributed by atoms with Crippen molar-refractivity contribution in [3.8, 4) is 11.1 Å². The van der Waals surface area contributed by atoms with Crippen LogP contribution >= 0.6 is 0 Å². The number of rotatable bonds is 3. The third kappa shape index (κ3) is 3.58. The van der Waals surface area contributed by atoms with Crippen LogP contribution in [0.5, 0.6) is 0 Å². The molecule has 3 heterocycles. The first-order valence-corrected chi connectivity index (χ1v) is 11.4. The predicted molar refractivity (Wildman–Crippen MR) is 136 cm³/mol. The Hall–Kier alpha value is -4.65. The number of aromatic amines is 1. The van der Waals surface area contributed by atoms with E-state index in [1.54, 1.807) is 12.4 Å². The van der Waals surface area contributed by atoms with Gasteiger partial charge in [-0.1, -0.05) is 54.6 Å². The van der Waals surface area contributed by atoms with Crippen LogP contribution in [0.25, 0.3) is 33.1 Å². The maximum Gasteiger partial charge on any atom is 0.258 e. The van der Waals surface area contributed by atoms with Gasteiger partial charge in [0.1, 0.15) is 0 Å². The fourth-order valence-electron chi connectivity index (χ4n) is 4.82. The number of carbonyl (C=O) groups excluding carboxylic acids is 1. The molecule has 1 aliphatic heterocycles. The van der Waals surface area contributed by atoms with Crippen molar-refractivity contribution in [2.75, 3.05) is 0 Å². The van der Waals surface area contributed by atoms with E-state index in [1.807, 2.05) is 72.8 Å². The number of nitrogens with zero attached hydrogens (tertiary/aromatic N) is 4.